The van der Waals surface area contributed by atoms with Crippen LogP contribution in [0.25, 0.3) is 11.0 Å². The first kappa shape index (κ1) is 15.7. The van der Waals surface area contributed by atoms with Gasteiger partial charge in [-0.15, -0.1) is 0 Å². The van der Waals surface area contributed by atoms with Crippen LogP contribution in [-0.2, 0) is 0 Å². The number of rotatable bonds is 4. The number of ether oxygens (including phenoxy) is 1. The number of piperidine rings is 1. The summed E-state index contributed by atoms with van der Waals surface area (Å²) < 4.78 is 31.9. The predicted octanol–water partition coefficient (Wildman–Crippen LogP) is 2.59. The number of anilines is 1. The maximum absolute atomic E-state index is 13.7. The molecule has 9 heteroatoms. The molecule has 2 aromatic heterocycles. The molecule has 1 saturated heterocycles. The second kappa shape index (κ2) is 6.60. The molecule has 0 aliphatic carbocycles. The summed E-state index contributed by atoms with van der Waals surface area (Å²) in [4.78, 5) is 8.27. The lowest BCUT2D eigenvalue weighted by Gasteiger charge is -2.23. The molecule has 0 saturated carbocycles. The summed E-state index contributed by atoms with van der Waals surface area (Å²) in [6.45, 7) is 1.94. The van der Waals surface area contributed by atoms with Crippen molar-refractivity contribution in [3.8, 4) is 11.8 Å². The number of hydrogen-bond donors (Lipinski definition) is 3. The lowest BCUT2D eigenvalue weighted by Crippen LogP contribution is -2.35. The van der Waals surface area contributed by atoms with Crippen LogP contribution in [0.15, 0.2) is 24.4 Å². The zero-order valence-corrected chi connectivity index (χ0v) is 13.2. The fraction of sp³-hybridized carbons (Fsp3) is 0.312. The molecule has 25 heavy (non-hydrogen) atoms. The SMILES string of the molecule is Fc1ccc(Oc2ncc3c(NC4CCNCC4)n[nH]c3n2)c(F)c1. The Hall–Kier alpha value is -2.81. The summed E-state index contributed by atoms with van der Waals surface area (Å²) in [7, 11) is 0. The van der Waals surface area contributed by atoms with E-state index in [9.17, 15) is 8.78 Å². The largest absolute Gasteiger partial charge is 0.421 e. The molecule has 1 aliphatic heterocycles. The van der Waals surface area contributed by atoms with Gasteiger partial charge in [0, 0.05) is 18.3 Å². The van der Waals surface area contributed by atoms with E-state index in [1.54, 1.807) is 6.20 Å². The Morgan fingerprint density at radius 1 is 1.20 bits per heavy atom. The topological polar surface area (TPSA) is 87.8 Å². The number of hydrogen-bond acceptors (Lipinski definition) is 6. The number of H-pyrrole nitrogens is 1. The highest BCUT2D eigenvalue weighted by Crippen LogP contribution is 2.25. The molecular formula is C16H16F2N6O. The van der Waals surface area contributed by atoms with Crippen molar-refractivity contribution in [2.24, 2.45) is 0 Å². The number of benzene rings is 1. The monoisotopic (exact) mass is 346 g/mol. The van der Waals surface area contributed by atoms with Crippen LogP contribution in [0.2, 0.25) is 0 Å². The molecule has 1 aromatic carbocycles. The third-order valence-corrected chi connectivity index (χ3v) is 4.07. The van der Waals surface area contributed by atoms with E-state index >= 15 is 0 Å². The molecule has 1 fully saturated rings. The second-order valence-corrected chi connectivity index (χ2v) is 5.83. The summed E-state index contributed by atoms with van der Waals surface area (Å²) in [6, 6.07) is 3.33. The molecule has 1 aliphatic rings. The molecule has 0 spiro atoms. The van der Waals surface area contributed by atoms with Crippen LogP contribution in [0, 0.1) is 11.6 Å². The minimum Gasteiger partial charge on any atom is -0.421 e. The van der Waals surface area contributed by atoms with Crippen molar-refractivity contribution in [3.63, 3.8) is 0 Å². The first-order valence-electron chi connectivity index (χ1n) is 8.00. The average Bonchev–Trinajstić information content (AvgIpc) is 3.00. The van der Waals surface area contributed by atoms with Gasteiger partial charge in [-0.1, -0.05) is 0 Å². The van der Waals surface area contributed by atoms with E-state index in [2.05, 4.69) is 30.8 Å². The third-order valence-electron chi connectivity index (χ3n) is 4.07. The van der Waals surface area contributed by atoms with Crippen molar-refractivity contribution in [2.75, 3.05) is 18.4 Å². The normalized spacial score (nSPS) is 15.4. The van der Waals surface area contributed by atoms with Crippen LogP contribution in [0.5, 0.6) is 11.8 Å². The number of aromatic amines is 1. The lowest BCUT2D eigenvalue weighted by atomic mass is 10.1. The van der Waals surface area contributed by atoms with Gasteiger partial charge in [0.2, 0.25) is 0 Å². The Morgan fingerprint density at radius 3 is 2.84 bits per heavy atom. The van der Waals surface area contributed by atoms with Gasteiger partial charge in [-0.05, 0) is 38.1 Å². The van der Waals surface area contributed by atoms with Gasteiger partial charge < -0.3 is 15.4 Å². The Kier molecular flexibility index (Phi) is 4.14. The number of halogens is 2. The smallest absolute Gasteiger partial charge is 0.324 e. The fourth-order valence-corrected chi connectivity index (χ4v) is 2.77. The molecule has 0 unspecified atom stereocenters. The van der Waals surface area contributed by atoms with Gasteiger partial charge in [0.05, 0.1) is 5.39 Å². The van der Waals surface area contributed by atoms with E-state index in [-0.39, 0.29) is 11.8 Å². The maximum atomic E-state index is 13.7. The molecule has 3 N–H and O–H groups in total. The molecule has 3 aromatic rings. The standard InChI is InChI=1S/C16H16F2N6O/c17-9-1-2-13(12(18)7-9)25-16-20-8-11-14(23-24-15(11)22-16)21-10-3-5-19-6-4-10/h1-2,7-8,10,19H,3-6H2,(H2,20,21,22,23,24). The molecule has 0 atom stereocenters. The van der Waals surface area contributed by atoms with Crippen LogP contribution >= 0.6 is 0 Å². The van der Waals surface area contributed by atoms with Gasteiger partial charge >= 0.3 is 6.01 Å². The average molecular weight is 346 g/mol. The maximum Gasteiger partial charge on any atom is 0.324 e. The van der Waals surface area contributed by atoms with Crippen molar-refractivity contribution < 1.29 is 13.5 Å². The predicted molar refractivity (Wildman–Crippen MR) is 87.6 cm³/mol. The van der Waals surface area contributed by atoms with Gasteiger partial charge in [0.1, 0.15) is 5.82 Å². The summed E-state index contributed by atoms with van der Waals surface area (Å²) in [5.74, 6) is -0.959. The Balaban J connectivity index is 1.54. The van der Waals surface area contributed by atoms with Gasteiger partial charge in [-0.3, -0.25) is 5.10 Å². The van der Waals surface area contributed by atoms with Gasteiger partial charge in [-0.25, -0.2) is 13.8 Å². The minimum atomic E-state index is -0.818. The zero-order valence-electron chi connectivity index (χ0n) is 13.2. The third kappa shape index (κ3) is 3.36. The van der Waals surface area contributed by atoms with Gasteiger partial charge in [0.15, 0.2) is 23.0 Å². The van der Waals surface area contributed by atoms with Gasteiger partial charge in [0.25, 0.3) is 0 Å². The van der Waals surface area contributed by atoms with E-state index in [1.165, 1.54) is 6.07 Å². The molecule has 7 nitrogen and oxygen atoms in total. The zero-order chi connectivity index (χ0) is 17.2. The molecule has 0 amide bonds. The van der Waals surface area contributed by atoms with E-state index in [0.717, 1.165) is 43.5 Å². The highest BCUT2D eigenvalue weighted by molar-refractivity contribution is 5.86. The summed E-state index contributed by atoms with van der Waals surface area (Å²) in [5, 5.41) is 14.5. The Bertz CT molecular complexity index is 893. The van der Waals surface area contributed by atoms with Crippen LogP contribution in [-0.4, -0.2) is 39.3 Å². The molecular weight excluding hydrogens is 330 g/mol. The first-order chi connectivity index (χ1) is 12.2. The van der Waals surface area contributed by atoms with Crippen molar-refractivity contribution in [1.82, 2.24) is 25.5 Å². The van der Waals surface area contributed by atoms with Crippen LogP contribution in [0.4, 0.5) is 14.6 Å². The van der Waals surface area contributed by atoms with Crippen molar-refractivity contribution in [2.45, 2.75) is 18.9 Å². The number of fused-ring (bicyclic) bond motifs is 1. The van der Waals surface area contributed by atoms with Crippen molar-refractivity contribution in [3.05, 3.63) is 36.0 Å². The Morgan fingerprint density at radius 2 is 2.04 bits per heavy atom. The van der Waals surface area contributed by atoms with E-state index in [1.807, 2.05) is 0 Å². The fourth-order valence-electron chi connectivity index (χ4n) is 2.77. The number of nitrogens with one attached hydrogen (secondary N) is 3. The number of aromatic nitrogens is 4. The van der Waals surface area contributed by atoms with Crippen LogP contribution in [0.3, 0.4) is 0 Å². The highest BCUT2D eigenvalue weighted by atomic mass is 19.1. The molecule has 0 radical (unpaired) electrons. The quantitative estimate of drug-likeness (QED) is 0.673. The molecule has 4 rings (SSSR count). The second-order valence-electron chi connectivity index (χ2n) is 5.83. The van der Waals surface area contributed by atoms with Crippen LogP contribution < -0.4 is 15.4 Å². The summed E-state index contributed by atoms with van der Waals surface area (Å²) in [6.07, 6.45) is 3.59. The van der Waals surface area contributed by atoms with Crippen molar-refractivity contribution >= 4 is 16.9 Å². The first-order valence-corrected chi connectivity index (χ1v) is 8.00. The highest BCUT2D eigenvalue weighted by Gasteiger charge is 2.17. The number of nitrogens with zero attached hydrogens (tertiary/aromatic N) is 3. The minimum absolute atomic E-state index is 0.0462. The van der Waals surface area contributed by atoms with E-state index in [0.29, 0.717) is 17.5 Å². The van der Waals surface area contributed by atoms with Crippen LogP contribution in [0.1, 0.15) is 12.8 Å². The van der Waals surface area contributed by atoms with Crippen molar-refractivity contribution in [1.29, 1.82) is 0 Å². The lowest BCUT2D eigenvalue weighted by molar-refractivity contribution is 0.409. The Labute approximate surface area is 141 Å². The molecule has 0 bridgehead atoms. The van der Waals surface area contributed by atoms with Gasteiger partial charge in [-0.2, -0.15) is 10.1 Å². The van der Waals surface area contributed by atoms with E-state index < -0.39 is 11.6 Å². The van der Waals surface area contributed by atoms with E-state index in [4.69, 9.17) is 4.74 Å². The summed E-state index contributed by atoms with van der Waals surface area (Å²) >= 11 is 0. The molecule has 130 valence electrons. The summed E-state index contributed by atoms with van der Waals surface area (Å²) in [5.41, 5.74) is 0.476. The molecule has 3 heterocycles.